The highest BCUT2D eigenvalue weighted by molar-refractivity contribution is 5.76. The third-order valence-corrected chi connectivity index (χ3v) is 2.40. The van der Waals surface area contributed by atoms with E-state index in [0.29, 0.717) is 38.5 Å². The van der Waals surface area contributed by atoms with Gasteiger partial charge in [-0.25, -0.2) is 0 Å². The van der Waals surface area contributed by atoms with Crippen molar-refractivity contribution in [2.45, 2.75) is 20.3 Å². The van der Waals surface area contributed by atoms with E-state index in [1.807, 2.05) is 18.7 Å². The predicted octanol–water partition coefficient (Wildman–Crippen LogP) is 0.333. The number of rotatable bonds is 3. The standard InChI is InChI=1S/C10H18N2O2/c1-9(2)7-10(14)12-5-3-11(8-13)4-6-12/h8-9H,3-7H2,1-2H3. The molecular weight excluding hydrogens is 180 g/mol. The van der Waals surface area contributed by atoms with Crippen LogP contribution in [0.3, 0.4) is 0 Å². The average Bonchev–Trinajstić information content (AvgIpc) is 2.17. The SMILES string of the molecule is CC(C)CC(=O)N1CCN(C=O)CC1. The zero-order chi connectivity index (χ0) is 10.6. The van der Waals surface area contributed by atoms with Crippen molar-refractivity contribution < 1.29 is 9.59 Å². The normalized spacial score (nSPS) is 17.4. The van der Waals surface area contributed by atoms with Crippen LogP contribution in [0.4, 0.5) is 0 Å². The summed E-state index contributed by atoms with van der Waals surface area (Å²) in [4.78, 5) is 25.6. The Morgan fingerprint density at radius 3 is 2.29 bits per heavy atom. The number of hydrogen-bond donors (Lipinski definition) is 0. The lowest BCUT2D eigenvalue weighted by molar-refractivity contribution is -0.135. The topological polar surface area (TPSA) is 40.6 Å². The van der Waals surface area contributed by atoms with E-state index in [1.54, 1.807) is 4.90 Å². The zero-order valence-electron chi connectivity index (χ0n) is 8.90. The van der Waals surface area contributed by atoms with Gasteiger partial charge < -0.3 is 9.80 Å². The highest BCUT2D eigenvalue weighted by Crippen LogP contribution is 2.06. The largest absolute Gasteiger partial charge is 0.342 e. The summed E-state index contributed by atoms with van der Waals surface area (Å²) in [5, 5.41) is 0. The van der Waals surface area contributed by atoms with E-state index in [4.69, 9.17) is 0 Å². The smallest absolute Gasteiger partial charge is 0.222 e. The van der Waals surface area contributed by atoms with Crippen molar-refractivity contribution in [2.24, 2.45) is 5.92 Å². The van der Waals surface area contributed by atoms with Crippen LogP contribution in [0.15, 0.2) is 0 Å². The van der Waals surface area contributed by atoms with Gasteiger partial charge in [-0.05, 0) is 5.92 Å². The number of carbonyl (C=O) groups is 2. The monoisotopic (exact) mass is 198 g/mol. The van der Waals surface area contributed by atoms with Crippen LogP contribution in [0.25, 0.3) is 0 Å². The van der Waals surface area contributed by atoms with Crippen LogP contribution in [-0.4, -0.2) is 48.3 Å². The number of hydrogen-bond acceptors (Lipinski definition) is 2. The van der Waals surface area contributed by atoms with Gasteiger partial charge >= 0.3 is 0 Å². The van der Waals surface area contributed by atoms with Gasteiger partial charge in [0.1, 0.15) is 0 Å². The van der Waals surface area contributed by atoms with Crippen molar-refractivity contribution >= 4 is 12.3 Å². The van der Waals surface area contributed by atoms with Crippen LogP contribution in [0.5, 0.6) is 0 Å². The molecule has 14 heavy (non-hydrogen) atoms. The van der Waals surface area contributed by atoms with E-state index in [9.17, 15) is 9.59 Å². The molecule has 1 aliphatic heterocycles. The van der Waals surface area contributed by atoms with E-state index < -0.39 is 0 Å². The molecule has 0 aromatic heterocycles. The number of amides is 2. The zero-order valence-corrected chi connectivity index (χ0v) is 8.90. The molecule has 0 saturated carbocycles. The molecule has 0 aromatic rings. The molecule has 1 fully saturated rings. The van der Waals surface area contributed by atoms with Crippen LogP contribution in [0.1, 0.15) is 20.3 Å². The fourth-order valence-electron chi connectivity index (χ4n) is 1.56. The third kappa shape index (κ3) is 3.01. The quantitative estimate of drug-likeness (QED) is 0.613. The van der Waals surface area contributed by atoms with Gasteiger partial charge in [0.05, 0.1) is 0 Å². The first kappa shape index (κ1) is 11.0. The molecule has 0 aliphatic carbocycles. The second-order valence-electron chi connectivity index (χ2n) is 4.12. The van der Waals surface area contributed by atoms with Crippen molar-refractivity contribution in [3.05, 3.63) is 0 Å². The van der Waals surface area contributed by atoms with E-state index in [2.05, 4.69) is 0 Å². The second-order valence-corrected chi connectivity index (χ2v) is 4.12. The van der Waals surface area contributed by atoms with Crippen molar-refractivity contribution in [3.8, 4) is 0 Å². The van der Waals surface area contributed by atoms with Crippen molar-refractivity contribution in [3.63, 3.8) is 0 Å². The van der Waals surface area contributed by atoms with Crippen molar-refractivity contribution in [1.29, 1.82) is 0 Å². The molecule has 0 bridgehead atoms. The van der Waals surface area contributed by atoms with Crippen LogP contribution in [0, 0.1) is 5.92 Å². The highest BCUT2D eigenvalue weighted by atomic mass is 16.2. The summed E-state index contributed by atoms with van der Waals surface area (Å²) in [5.41, 5.74) is 0. The fraction of sp³-hybridized carbons (Fsp3) is 0.800. The Labute approximate surface area is 84.9 Å². The molecule has 1 rings (SSSR count). The van der Waals surface area contributed by atoms with E-state index in [-0.39, 0.29) is 5.91 Å². The Kier molecular flexibility index (Phi) is 3.92. The summed E-state index contributed by atoms with van der Waals surface area (Å²) >= 11 is 0. The molecule has 1 heterocycles. The second kappa shape index (κ2) is 4.98. The minimum Gasteiger partial charge on any atom is -0.342 e. The summed E-state index contributed by atoms with van der Waals surface area (Å²) in [6.45, 7) is 6.80. The van der Waals surface area contributed by atoms with Crippen LogP contribution >= 0.6 is 0 Å². The summed E-state index contributed by atoms with van der Waals surface area (Å²) in [6, 6.07) is 0. The number of nitrogens with zero attached hydrogens (tertiary/aromatic N) is 2. The molecule has 80 valence electrons. The molecule has 0 aromatic carbocycles. The Bertz CT molecular complexity index is 208. The minimum atomic E-state index is 0.213. The molecule has 0 radical (unpaired) electrons. The molecule has 4 heteroatoms. The van der Waals surface area contributed by atoms with Gasteiger partial charge in [-0.15, -0.1) is 0 Å². The minimum absolute atomic E-state index is 0.213. The predicted molar refractivity (Wildman–Crippen MR) is 53.7 cm³/mol. The van der Waals surface area contributed by atoms with Gasteiger partial charge in [-0.3, -0.25) is 9.59 Å². The molecule has 0 N–H and O–H groups in total. The molecule has 0 atom stereocenters. The first-order valence-electron chi connectivity index (χ1n) is 5.10. The summed E-state index contributed by atoms with van der Waals surface area (Å²) in [6.07, 6.45) is 1.46. The lowest BCUT2D eigenvalue weighted by atomic mass is 10.1. The van der Waals surface area contributed by atoms with Crippen molar-refractivity contribution in [1.82, 2.24) is 9.80 Å². The molecule has 1 saturated heterocycles. The maximum atomic E-state index is 11.6. The molecule has 0 spiro atoms. The first-order chi connectivity index (χ1) is 6.63. The van der Waals surface area contributed by atoms with Gasteiger partial charge in [-0.2, -0.15) is 0 Å². The number of piperazine rings is 1. The third-order valence-electron chi connectivity index (χ3n) is 2.40. The lowest BCUT2D eigenvalue weighted by Gasteiger charge is -2.32. The highest BCUT2D eigenvalue weighted by Gasteiger charge is 2.20. The molecule has 2 amide bonds. The molecule has 1 aliphatic rings. The van der Waals surface area contributed by atoms with Gasteiger partial charge in [0.2, 0.25) is 12.3 Å². The van der Waals surface area contributed by atoms with Crippen LogP contribution in [0.2, 0.25) is 0 Å². The molecule has 0 unspecified atom stereocenters. The van der Waals surface area contributed by atoms with Gasteiger partial charge in [0.15, 0.2) is 0 Å². The molecular formula is C10H18N2O2. The van der Waals surface area contributed by atoms with E-state index in [1.165, 1.54) is 0 Å². The summed E-state index contributed by atoms with van der Waals surface area (Å²) < 4.78 is 0. The summed E-state index contributed by atoms with van der Waals surface area (Å²) in [5.74, 6) is 0.622. The van der Waals surface area contributed by atoms with Gasteiger partial charge in [0, 0.05) is 32.6 Å². The Balaban J connectivity index is 2.34. The van der Waals surface area contributed by atoms with Crippen molar-refractivity contribution in [2.75, 3.05) is 26.2 Å². The lowest BCUT2D eigenvalue weighted by Crippen LogP contribution is -2.48. The van der Waals surface area contributed by atoms with Gasteiger partial charge in [-0.1, -0.05) is 13.8 Å². The average molecular weight is 198 g/mol. The Morgan fingerprint density at radius 1 is 1.29 bits per heavy atom. The maximum Gasteiger partial charge on any atom is 0.222 e. The fourth-order valence-corrected chi connectivity index (χ4v) is 1.56. The summed E-state index contributed by atoms with van der Waals surface area (Å²) in [7, 11) is 0. The number of carbonyl (C=O) groups excluding carboxylic acids is 2. The Morgan fingerprint density at radius 2 is 1.86 bits per heavy atom. The Hall–Kier alpha value is -1.06. The first-order valence-corrected chi connectivity index (χ1v) is 5.10. The molecule has 4 nitrogen and oxygen atoms in total. The van der Waals surface area contributed by atoms with Crippen LogP contribution in [-0.2, 0) is 9.59 Å². The van der Waals surface area contributed by atoms with Gasteiger partial charge in [0.25, 0.3) is 0 Å². The van der Waals surface area contributed by atoms with E-state index in [0.717, 1.165) is 6.41 Å². The van der Waals surface area contributed by atoms with E-state index >= 15 is 0 Å². The maximum absolute atomic E-state index is 11.6. The van der Waals surface area contributed by atoms with Crippen LogP contribution < -0.4 is 0 Å².